The number of hydrogen-bond acceptors (Lipinski definition) is 5. The van der Waals surface area contributed by atoms with E-state index in [1.54, 1.807) is 0 Å². The minimum Gasteiger partial charge on any atom is -0.508 e. The number of ether oxygens (including phenoxy) is 2. The molecule has 2 aromatic rings. The van der Waals surface area contributed by atoms with Gasteiger partial charge in [-0.2, -0.15) is 13.2 Å². The number of carbonyl (C=O) groups is 1. The second-order valence-electron chi connectivity index (χ2n) is 8.78. The molecule has 4 rings (SSSR count). The van der Waals surface area contributed by atoms with Crippen LogP contribution in [0.2, 0.25) is 0 Å². The van der Waals surface area contributed by atoms with Crippen LogP contribution in [0.3, 0.4) is 0 Å². The minimum absolute atomic E-state index is 0. The van der Waals surface area contributed by atoms with Gasteiger partial charge >= 0.3 is 12.5 Å². The Labute approximate surface area is 197 Å². The fourth-order valence-electron chi connectivity index (χ4n) is 4.36. The Morgan fingerprint density at radius 1 is 1.17 bits per heavy atom. The maximum Gasteiger partial charge on any atom is 0.573 e. The Hall–Kier alpha value is -3.31. The van der Waals surface area contributed by atoms with Gasteiger partial charge in [0.2, 0.25) is 5.60 Å². The summed E-state index contributed by atoms with van der Waals surface area (Å²) in [6.45, 7) is 1.06. The lowest BCUT2D eigenvalue weighted by Crippen LogP contribution is -2.52. The van der Waals surface area contributed by atoms with E-state index in [4.69, 9.17) is 4.74 Å². The number of nitrogens with one attached hydrogen (secondary N) is 2. The lowest BCUT2D eigenvalue weighted by atomic mass is 9.93. The SMILES string of the molecule is CC1(C(=O)Nc2cc(O)c(C3CCCC3)cc2C(F)(F)F)CNc2cc(OC(F)(F)F)ccc2O1.[HH]. The van der Waals surface area contributed by atoms with E-state index in [0.717, 1.165) is 43.2 Å². The molecule has 0 spiro atoms. The fraction of sp³-hybridized carbons (Fsp3) is 0.435. The van der Waals surface area contributed by atoms with Gasteiger partial charge in [0.25, 0.3) is 5.91 Å². The largest absolute Gasteiger partial charge is 0.573 e. The number of halogens is 6. The van der Waals surface area contributed by atoms with Crippen LogP contribution in [0.1, 0.15) is 51.1 Å². The molecule has 2 aromatic carbocycles. The average Bonchev–Trinajstić information content (AvgIpc) is 3.26. The zero-order chi connectivity index (χ0) is 25.6. The molecule has 0 radical (unpaired) electrons. The lowest BCUT2D eigenvalue weighted by molar-refractivity contribution is -0.274. The van der Waals surface area contributed by atoms with Crippen molar-refractivity contribution in [2.75, 3.05) is 17.2 Å². The average molecular weight is 506 g/mol. The Balaban J connectivity index is 0.00000361. The van der Waals surface area contributed by atoms with Crippen LogP contribution in [0.15, 0.2) is 30.3 Å². The topological polar surface area (TPSA) is 79.8 Å². The van der Waals surface area contributed by atoms with E-state index in [1.165, 1.54) is 6.92 Å². The first-order valence-corrected chi connectivity index (χ1v) is 10.8. The number of amides is 1. The van der Waals surface area contributed by atoms with Crippen LogP contribution < -0.4 is 20.1 Å². The summed E-state index contributed by atoms with van der Waals surface area (Å²) >= 11 is 0. The second kappa shape index (κ2) is 8.72. The molecule has 0 bridgehead atoms. The number of phenolic OH excluding ortho intramolecular Hbond substituents is 1. The van der Waals surface area contributed by atoms with Crippen LogP contribution in [0.25, 0.3) is 0 Å². The molecule has 1 aliphatic carbocycles. The van der Waals surface area contributed by atoms with Crippen LogP contribution in [0, 0.1) is 0 Å². The van der Waals surface area contributed by atoms with Gasteiger partial charge in [-0.1, -0.05) is 12.8 Å². The minimum atomic E-state index is -4.90. The molecule has 1 aliphatic heterocycles. The summed E-state index contributed by atoms with van der Waals surface area (Å²) in [6, 6.07) is 4.93. The number of hydrogen-bond donors (Lipinski definition) is 3. The van der Waals surface area contributed by atoms with Crippen molar-refractivity contribution < 1.29 is 47.1 Å². The lowest BCUT2D eigenvalue weighted by Gasteiger charge is -2.35. The zero-order valence-corrected chi connectivity index (χ0v) is 18.4. The number of fused-ring (bicyclic) bond motifs is 1. The Morgan fingerprint density at radius 3 is 2.49 bits per heavy atom. The first kappa shape index (κ1) is 24.8. The van der Waals surface area contributed by atoms with E-state index in [2.05, 4.69) is 15.4 Å². The molecule has 6 nitrogen and oxygen atoms in total. The number of aromatic hydroxyl groups is 1. The molecule has 1 saturated carbocycles. The van der Waals surface area contributed by atoms with E-state index in [0.29, 0.717) is 12.8 Å². The van der Waals surface area contributed by atoms with E-state index in [-0.39, 0.29) is 36.6 Å². The highest BCUT2D eigenvalue weighted by molar-refractivity contribution is 5.99. The predicted octanol–water partition coefficient (Wildman–Crippen LogP) is 6.41. The van der Waals surface area contributed by atoms with Crippen molar-refractivity contribution in [1.29, 1.82) is 0 Å². The van der Waals surface area contributed by atoms with Crippen molar-refractivity contribution in [2.45, 2.75) is 56.7 Å². The molecule has 1 fully saturated rings. The van der Waals surface area contributed by atoms with Gasteiger partial charge in [0.15, 0.2) is 0 Å². The molecule has 192 valence electrons. The summed E-state index contributed by atoms with van der Waals surface area (Å²) in [5, 5.41) is 15.4. The molecule has 35 heavy (non-hydrogen) atoms. The Morgan fingerprint density at radius 2 is 1.86 bits per heavy atom. The van der Waals surface area contributed by atoms with Crippen molar-refractivity contribution in [3.05, 3.63) is 41.5 Å². The van der Waals surface area contributed by atoms with Crippen LogP contribution in [0.5, 0.6) is 17.2 Å². The zero-order valence-electron chi connectivity index (χ0n) is 18.4. The molecular formula is C23H24F6N2O4. The van der Waals surface area contributed by atoms with Gasteiger partial charge in [0, 0.05) is 13.6 Å². The van der Waals surface area contributed by atoms with E-state index in [1.807, 2.05) is 0 Å². The highest BCUT2D eigenvalue weighted by atomic mass is 19.4. The molecule has 0 aromatic heterocycles. The second-order valence-corrected chi connectivity index (χ2v) is 8.78. The van der Waals surface area contributed by atoms with Gasteiger partial charge in [0.05, 0.1) is 23.5 Å². The molecule has 1 unspecified atom stereocenters. The van der Waals surface area contributed by atoms with E-state index < -0.39 is 41.0 Å². The first-order valence-electron chi connectivity index (χ1n) is 10.8. The van der Waals surface area contributed by atoms with Crippen molar-refractivity contribution in [1.82, 2.24) is 0 Å². The molecule has 1 atom stereocenters. The molecule has 2 aliphatic rings. The highest BCUT2D eigenvalue weighted by Crippen LogP contribution is 2.45. The third-order valence-corrected chi connectivity index (χ3v) is 6.13. The van der Waals surface area contributed by atoms with Crippen LogP contribution >= 0.6 is 0 Å². The van der Waals surface area contributed by atoms with Gasteiger partial charge in [-0.25, -0.2) is 0 Å². The molecule has 1 amide bonds. The van der Waals surface area contributed by atoms with Gasteiger partial charge in [-0.3, -0.25) is 4.79 Å². The van der Waals surface area contributed by atoms with E-state index >= 15 is 0 Å². The Kier molecular flexibility index (Phi) is 6.18. The highest BCUT2D eigenvalue weighted by Gasteiger charge is 2.42. The molecule has 12 heteroatoms. The summed E-state index contributed by atoms with van der Waals surface area (Å²) in [7, 11) is 0. The number of benzene rings is 2. The third-order valence-electron chi connectivity index (χ3n) is 6.13. The predicted molar refractivity (Wildman–Crippen MR) is 116 cm³/mol. The van der Waals surface area contributed by atoms with Crippen LogP contribution in [-0.2, 0) is 11.0 Å². The standard InChI is InChI=1S/C23H22F6N2O4.H2/c1-21(11-30-17-8-13(34-23(27,28)29)6-7-19(17)35-21)20(33)31-16-10-18(32)14(12-4-2-3-5-12)9-15(16)22(24,25)26;/h6-10,12,30,32H,2-5,11H2,1H3,(H,31,33);1H. The van der Waals surface area contributed by atoms with Gasteiger partial charge in [-0.05, 0) is 49.4 Å². The maximum absolute atomic E-state index is 13.8. The quantitative estimate of drug-likeness (QED) is 0.418. The molecular weight excluding hydrogens is 482 g/mol. The van der Waals surface area contributed by atoms with Crippen molar-refractivity contribution in [3.8, 4) is 17.2 Å². The van der Waals surface area contributed by atoms with Gasteiger partial charge in [0.1, 0.15) is 17.2 Å². The summed E-state index contributed by atoms with van der Waals surface area (Å²) in [5.74, 6) is -1.96. The maximum atomic E-state index is 13.8. The van der Waals surface area contributed by atoms with Crippen LogP contribution in [-0.4, -0.2) is 29.5 Å². The number of anilines is 2. The van der Waals surface area contributed by atoms with Crippen molar-refractivity contribution in [3.63, 3.8) is 0 Å². The van der Waals surface area contributed by atoms with Gasteiger partial charge in [-0.15, -0.1) is 13.2 Å². The fourth-order valence-corrected chi connectivity index (χ4v) is 4.36. The number of alkyl halides is 6. The number of rotatable bonds is 4. The third kappa shape index (κ3) is 5.35. The Bertz CT molecular complexity index is 1130. The van der Waals surface area contributed by atoms with Crippen molar-refractivity contribution >= 4 is 17.3 Å². The molecule has 0 saturated heterocycles. The summed E-state index contributed by atoms with van der Waals surface area (Å²) in [5.41, 5.74) is -3.10. The van der Waals surface area contributed by atoms with E-state index in [9.17, 15) is 36.2 Å². The van der Waals surface area contributed by atoms with Crippen LogP contribution in [0.4, 0.5) is 37.7 Å². The summed E-state index contributed by atoms with van der Waals surface area (Å²) < 4.78 is 88.3. The first-order chi connectivity index (χ1) is 16.2. The normalized spacial score (nSPS) is 20.5. The molecule has 3 N–H and O–H groups in total. The van der Waals surface area contributed by atoms with Crippen molar-refractivity contribution in [2.24, 2.45) is 0 Å². The number of carbonyl (C=O) groups excluding carboxylic acids is 1. The van der Waals surface area contributed by atoms with Gasteiger partial charge < -0.3 is 25.2 Å². The summed E-state index contributed by atoms with van der Waals surface area (Å²) in [6.07, 6.45) is -6.63. The number of phenols is 1. The smallest absolute Gasteiger partial charge is 0.508 e. The molecule has 1 heterocycles. The summed E-state index contributed by atoms with van der Waals surface area (Å²) in [4.78, 5) is 13.0. The monoisotopic (exact) mass is 506 g/mol.